The fourth-order valence-electron chi connectivity index (χ4n) is 1.70. The summed E-state index contributed by atoms with van der Waals surface area (Å²) in [6.45, 7) is 0. The van der Waals surface area contributed by atoms with E-state index in [0.717, 1.165) is 10.2 Å². The number of fused-ring (bicyclic) bond motifs is 1. The second kappa shape index (κ2) is 6.11. The van der Waals surface area contributed by atoms with Crippen molar-refractivity contribution in [2.45, 2.75) is 0 Å². The highest BCUT2D eigenvalue weighted by atomic mass is 32.1. The second-order valence-electron chi connectivity index (χ2n) is 4.13. The Morgan fingerprint density at radius 1 is 1.23 bits per heavy atom. The lowest BCUT2D eigenvalue weighted by Crippen LogP contribution is -2.06. The molecule has 0 unspecified atom stereocenters. The maximum atomic E-state index is 11.8. The minimum atomic E-state index is -0.727. The molecule has 3 aromatic rings. The van der Waals surface area contributed by atoms with Crippen molar-refractivity contribution in [1.82, 2.24) is 9.97 Å². The van der Waals surface area contributed by atoms with Crippen molar-refractivity contribution in [3.63, 3.8) is 0 Å². The maximum absolute atomic E-state index is 11.8. The summed E-state index contributed by atoms with van der Waals surface area (Å²) >= 11 is 1.31. The quantitative estimate of drug-likeness (QED) is 0.422. The van der Waals surface area contributed by atoms with Crippen LogP contribution in [0.15, 0.2) is 53.8 Å². The summed E-state index contributed by atoms with van der Waals surface area (Å²) in [5.41, 5.74) is 0.833. The van der Waals surface area contributed by atoms with Crippen molar-refractivity contribution in [2.24, 2.45) is 5.16 Å². The molecule has 0 spiro atoms. The van der Waals surface area contributed by atoms with Gasteiger partial charge in [-0.05, 0) is 24.3 Å². The molecule has 1 aromatic carbocycles. The van der Waals surface area contributed by atoms with Crippen LogP contribution in [0.25, 0.3) is 10.2 Å². The van der Waals surface area contributed by atoms with Gasteiger partial charge in [0.25, 0.3) is 0 Å². The molecule has 0 amide bonds. The number of carbonyl (C=O) groups excluding carboxylic acids is 1. The lowest BCUT2D eigenvalue weighted by atomic mass is 10.3. The van der Waals surface area contributed by atoms with Gasteiger partial charge in [-0.2, -0.15) is 5.26 Å². The monoisotopic (exact) mass is 308 g/mol. The van der Waals surface area contributed by atoms with Gasteiger partial charge in [-0.1, -0.05) is 23.4 Å². The van der Waals surface area contributed by atoms with Crippen LogP contribution in [0.3, 0.4) is 0 Å². The Morgan fingerprint density at radius 3 is 2.77 bits per heavy atom. The number of para-hydroxylation sites is 1. The first-order chi connectivity index (χ1) is 10.8. The predicted octanol–water partition coefficient (Wildman–Crippen LogP) is 2.78. The van der Waals surface area contributed by atoms with E-state index in [4.69, 9.17) is 10.1 Å². The Labute approximate surface area is 129 Å². The van der Waals surface area contributed by atoms with E-state index < -0.39 is 5.97 Å². The minimum absolute atomic E-state index is 0.0505. The van der Waals surface area contributed by atoms with Gasteiger partial charge in [-0.25, -0.2) is 14.8 Å². The molecule has 0 aliphatic carbocycles. The van der Waals surface area contributed by atoms with E-state index >= 15 is 0 Å². The highest BCUT2D eigenvalue weighted by Gasteiger charge is 2.13. The van der Waals surface area contributed by atoms with E-state index in [0.29, 0.717) is 5.01 Å². The van der Waals surface area contributed by atoms with Gasteiger partial charge in [0.15, 0.2) is 10.7 Å². The molecule has 0 fully saturated rings. The molecule has 22 heavy (non-hydrogen) atoms. The summed E-state index contributed by atoms with van der Waals surface area (Å²) in [5, 5.41) is 13.2. The first-order valence-electron chi connectivity index (χ1n) is 6.24. The number of rotatable bonds is 3. The van der Waals surface area contributed by atoms with Crippen LogP contribution in [0.5, 0.6) is 0 Å². The Kier molecular flexibility index (Phi) is 3.85. The van der Waals surface area contributed by atoms with Gasteiger partial charge < -0.3 is 4.84 Å². The van der Waals surface area contributed by atoms with Gasteiger partial charge in [0.05, 0.1) is 10.2 Å². The van der Waals surface area contributed by atoms with E-state index in [2.05, 4.69) is 15.1 Å². The van der Waals surface area contributed by atoms with E-state index in [9.17, 15) is 4.79 Å². The van der Waals surface area contributed by atoms with Crippen LogP contribution < -0.4 is 0 Å². The van der Waals surface area contributed by atoms with E-state index in [-0.39, 0.29) is 11.4 Å². The Balaban J connectivity index is 1.85. The van der Waals surface area contributed by atoms with Crippen LogP contribution in [-0.4, -0.2) is 21.6 Å². The summed E-state index contributed by atoms with van der Waals surface area (Å²) in [7, 11) is 0. The number of oxime groups is 1. The Hall–Kier alpha value is -3.11. The summed E-state index contributed by atoms with van der Waals surface area (Å²) in [5.74, 6) is -0.727. The highest BCUT2D eigenvalue weighted by Crippen LogP contribution is 2.22. The third kappa shape index (κ3) is 2.82. The number of aromatic nitrogens is 2. The molecule has 3 rings (SSSR count). The molecule has 2 aromatic heterocycles. The average molecular weight is 308 g/mol. The lowest BCUT2D eigenvalue weighted by molar-refractivity contribution is 0.0510. The van der Waals surface area contributed by atoms with Crippen molar-refractivity contribution in [3.8, 4) is 6.07 Å². The standard InChI is InChI=1S/C15H8N4O2S/c16-9-12(14-18-10-5-1-2-7-13(10)22-14)19-21-15(20)11-6-3-4-8-17-11/h1-8H/b19-12-. The molecule has 7 heteroatoms. The summed E-state index contributed by atoms with van der Waals surface area (Å²) in [6.07, 6.45) is 1.47. The van der Waals surface area contributed by atoms with Crippen LogP contribution in [0.1, 0.15) is 15.5 Å². The predicted molar refractivity (Wildman–Crippen MR) is 81.4 cm³/mol. The first kappa shape index (κ1) is 13.9. The van der Waals surface area contributed by atoms with E-state index in [1.165, 1.54) is 23.6 Å². The molecule has 106 valence electrons. The van der Waals surface area contributed by atoms with Crippen LogP contribution in [0.4, 0.5) is 0 Å². The first-order valence-corrected chi connectivity index (χ1v) is 7.06. The molecule has 2 heterocycles. The molecule has 0 aliphatic heterocycles. The maximum Gasteiger partial charge on any atom is 0.383 e. The van der Waals surface area contributed by atoms with E-state index in [1.807, 2.05) is 30.3 Å². The van der Waals surface area contributed by atoms with Gasteiger partial charge in [-0.3, -0.25) is 0 Å². The molecule has 0 N–H and O–H groups in total. The molecule has 0 bridgehead atoms. The number of pyridine rings is 1. The molecule has 0 saturated carbocycles. The van der Waals surface area contributed by atoms with Crippen molar-refractivity contribution < 1.29 is 9.63 Å². The molecule has 0 aliphatic rings. The average Bonchev–Trinajstić information content (AvgIpc) is 3.00. The number of benzene rings is 1. The zero-order valence-electron chi connectivity index (χ0n) is 11.1. The van der Waals surface area contributed by atoms with Gasteiger partial charge >= 0.3 is 5.97 Å². The largest absolute Gasteiger partial charge is 0.383 e. The number of nitriles is 1. The number of carbonyl (C=O) groups is 1. The second-order valence-corrected chi connectivity index (χ2v) is 5.16. The van der Waals surface area contributed by atoms with E-state index in [1.54, 1.807) is 12.1 Å². The molecular formula is C15H8N4O2S. The number of hydrogen-bond acceptors (Lipinski definition) is 7. The fraction of sp³-hybridized carbons (Fsp3) is 0. The van der Waals surface area contributed by atoms with Crippen molar-refractivity contribution in [1.29, 1.82) is 5.26 Å². The van der Waals surface area contributed by atoms with Crippen molar-refractivity contribution in [3.05, 3.63) is 59.4 Å². The Morgan fingerprint density at radius 2 is 2.05 bits per heavy atom. The highest BCUT2D eigenvalue weighted by molar-refractivity contribution is 7.20. The normalized spacial score (nSPS) is 11.1. The van der Waals surface area contributed by atoms with Crippen LogP contribution in [-0.2, 0) is 4.84 Å². The summed E-state index contributed by atoms with van der Waals surface area (Å²) in [6, 6.07) is 14.2. The van der Waals surface area contributed by atoms with Gasteiger partial charge in [-0.15, -0.1) is 11.3 Å². The van der Waals surface area contributed by atoms with Crippen LogP contribution in [0, 0.1) is 11.3 Å². The molecule has 0 atom stereocenters. The third-order valence-electron chi connectivity index (χ3n) is 2.70. The van der Waals surface area contributed by atoms with Crippen molar-refractivity contribution >= 4 is 33.2 Å². The summed E-state index contributed by atoms with van der Waals surface area (Å²) in [4.78, 5) is 24.7. The SMILES string of the molecule is N#C/C(=N/OC(=O)c1ccccn1)c1nc2ccccc2s1. The fourth-order valence-corrected chi connectivity index (χ4v) is 2.59. The van der Waals surface area contributed by atoms with Gasteiger partial charge in [0.1, 0.15) is 6.07 Å². The van der Waals surface area contributed by atoms with Crippen molar-refractivity contribution in [2.75, 3.05) is 0 Å². The van der Waals surface area contributed by atoms with Crippen LogP contribution >= 0.6 is 11.3 Å². The third-order valence-corrected chi connectivity index (χ3v) is 3.74. The topological polar surface area (TPSA) is 88.2 Å². The number of nitrogens with zero attached hydrogens (tertiary/aromatic N) is 4. The molecule has 6 nitrogen and oxygen atoms in total. The summed E-state index contributed by atoms with van der Waals surface area (Å²) < 4.78 is 0.927. The molecule has 0 saturated heterocycles. The molecular weight excluding hydrogens is 300 g/mol. The zero-order valence-corrected chi connectivity index (χ0v) is 11.9. The number of thiazole rings is 1. The van der Waals surface area contributed by atoms with Gasteiger partial charge in [0.2, 0.25) is 5.71 Å². The van der Waals surface area contributed by atoms with Gasteiger partial charge in [0, 0.05) is 6.20 Å². The lowest BCUT2D eigenvalue weighted by Gasteiger charge is -1.96. The Bertz CT molecular complexity index is 864. The zero-order chi connectivity index (χ0) is 15.4. The molecule has 0 radical (unpaired) electrons. The number of hydrogen-bond donors (Lipinski definition) is 0. The smallest absolute Gasteiger partial charge is 0.310 e. The minimum Gasteiger partial charge on any atom is -0.310 e. The van der Waals surface area contributed by atoms with Crippen LogP contribution in [0.2, 0.25) is 0 Å².